The summed E-state index contributed by atoms with van der Waals surface area (Å²) in [5.41, 5.74) is -2.26. The molecule has 0 aliphatic rings. The molecule has 2 N–H and O–H groups in total. The Labute approximate surface area is 178 Å². The molecule has 158 valence electrons. The zero-order chi connectivity index (χ0) is 22.5. The second-order valence-electron chi connectivity index (χ2n) is 6.07. The summed E-state index contributed by atoms with van der Waals surface area (Å²) in [6.45, 7) is 0. The summed E-state index contributed by atoms with van der Waals surface area (Å²) in [6.07, 6.45) is 2.63. The van der Waals surface area contributed by atoms with Gasteiger partial charge in [0.1, 0.15) is 5.69 Å². The maximum atomic E-state index is 12.3. The molecule has 0 radical (unpaired) electrons. The molecule has 1 heterocycles. The molecule has 0 bridgehead atoms. The summed E-state index contributed by atoms with van der Waals surface area (Å²) in [7, 11) is 1.38. The van der Waals surface area contributed by atoms with Crippen LogP contribution in [0.5, 0.6) is 11.5 Å². The lowest BCUT2D eigenvalue weighted by Gasteiger charge is -2.10. The van der Waals surface area contributed by atoms with Crippen LogP contribution >= 0.6 is 11.6 Å². The minimum Gasteiger partial charge on any atom is -0.493 e. The van der Waals surface area contributed by atoms with Gasteiger partial charge in [0.25, 0.3) is 0 Å². The van der Waals surface area contributed by atoms with Crippen molar-refractivity contribution >= 4 is 35.4 Å². The average molecular weight is 444 g/mol. The predicted molar refractivity (Wildman–Crippen MR) is 113 cm³/mol. The summed E-state index contributed by atoms with van der Waals surface area (Å²) in [4.78, 5) is 49.6. The van der Waals surface area contributed by atoms with E-state index in [9.17, 15) is 24.5 Å². The molecule has 0 aliphatic carbocycles. The Morgan fingerprint density at radius 1 is 1.06 bits per heavy atom. The zero-order valence-electron chi connectivity index (χ0n) is 15.9. The molecule has 0 spiro atoms. The number of carbonyl (C=O) groups excluding carboxylic acids is 1. The van der Waals surface area contributed by atoms with Gasteiger partial charge in [-0.25, -0.2) is 9.59 Å². The summed E-state index contributed by atoms with van der Waals surface area (Å²) in [6, 6.07) is 10.7. The van der Waals surface area contributed by atoms with Gasteiger partial charge in [-0.15, -0.1) is 0 Å². The molecule has 1 aromatic heterocycles. The fourth-order valence-electron chi connectivity index (χ4n) is 2.60. The van der Waals surface area contributed by atoms with Gasteiger partial charge in [0.15, 0.2) is 11.5 Å². The molecule has 0 fully saturated rings. The average Bonchev–Trinajstić information content (AvgIpc) is 2.72. The zero-order valence-corrected chi connectivity index (χ0v) is 16.6. The van der Waals surface area contributed by atoms with E-state index in [1.165, 1.54) is 43.5 Å². The van der Waals surface area contributed by atoms with Crippen molar-refractivity contribution in [3.05, 3.63) is 95.3 Å². The molecule has 0 saturated carbocycles. The van der Waals surface area contributed by atoms with Crippen molar-refractivity contribution in [3.8, 4) is 11.5 Å². The third-order valence-electron chi connectivity index (χ3n) is 4.04. The van der Waals surface area contributed by atoms with E-state index in [0.717, 1.165) is 0 Å². The van der Waals surface area contributed by atoms with Crippen LogP contribution in [0.3, 0.4) is 0 Å². The molecule has 0 amide bonds. The van der Waals surface area contributed by atoms with Crippen LogP contribution in [0, 0.1) is 10.1 Å². The Kier molecular flexibility index (Phi) is 6.32. The van der Waals surface area contributed by atoms with E-state index in [0.29, 0.717) is 16.1 Å². The van der Waals surface area contributed by atoms with E-state index in [1.54, 1.807) is 23.2 Å². The number of nitro groups is 1. The monoisotopic (exact) mass is 443 g/mol. The highest BCUT2D eigenvalue weighted by Crippen LogP contribution is 2.30. The number of ether oxygens (including phenoxy) is 2. The van der Waals surface area contributed by atoms with Crippen molar-refractivity contribution in [1.29, 1.82) is 0 Å². The molecule has 0 aliphatic heterocycles. The lowest BCUT2D eigenvalue weighted by Crippen LogP contribution is -2.25. The van der Waals surface area contributed by atoms with Gasteiger partial charge in [0.05, 0.1) is 17.6 Å². The first kappa shape index (κ1) is 21.5. The number of nitrogens with one attached hydrogen (secondary N) is 2. The van der Waals surface area contributed by atoms with Crippen molar-refractivity contribution in [1.82, 2.24) is 9.97 Å². The SMILES string of the molecule is COc1cc(/C=C/c2[nH]c(=O)[nH]c(=O)c2[N+](=O)[O-])ccc1OC(=O)c1ccc(Cl)cc1. The standard InChI is InChI=1S/C20H14ClN3O7/c1-30-16-10-11(2-8-14-17(24(28)29)18(25)23-20(27)22-14)3-9-15(16)31-19(26)12-4-6-13(21)7-5-12/h2-10H,1H3,(H2,22,23,25,27)/b8-2+. The third kappa shape index (κ3) is 5.06. The summed E-state index contributed by atoms with van der Waals surface area (Å²) >= 11 is 5.81. The lowest BCUT2D eigenvalue weighted by molar-refractivity contribution is -0.386. The van der Waals surface area contributed by atoms with E-state index in [-0.39, 0.29) is 17.2 Å². The number of methoxy groups -OCH3 is 1. The first-order valence-corrected chi connectivity index (χ1v) is 9.01. The Hall–Kier alpha value is -4.18. The van der Waals surface area contributed by atoms with Crippen molar-refractivity contribution in [2.24, 2.45) is 0 Å². The number of benzene rings is 2. The van der Waals surface area contributed by atoms with Gasteiger partial charge >= 0.3 is 22.9 Å². The van der Waals surface area contributed by atoms with E-state index in [1.807, 2.05) is 0 Å². The highest BCUT2D eigenvalue weighted by atomic mass is 35.5. The molecular formula is C20H14ClN3O7. The van der Waals surface area contributed by atoms with Crippen LogP contribution in [0.2, 0.25) is 5.02 Å². The smallest absolute Gasteiger partial charge is 0.357 e. The molecule has 11 heteroatoms. The van der Waals surface area contributed by atoms with Gasteiger partial charge < -0.3 is 14.5 Å². The van der Waals surface area contributed by atoms with Gasteiger partial charge in [-0.05, 0) is 48.0 Å². The molecule has 2 aromatic carbocycles. The number of nitrogens with zero attached hydrogens (tertiary/aromatic N) is 1. The number of rotatable bonds is 6. The van der Waals surface area contributed by atoms with Gasteiger partial charge in [-0.1, -0.05) is 23.7 Å². The second kappa shape index (κ2) is 9.09. The van der Waals surface area contributed by atoms with E-state index in [4.69, 9.17) is 21.1 Å². The number of hydrogen-bond donors (Lipinski definition) is 2. The maximum absolute atomic E-state index is 12.3. The quantitative estimate of drug-likeness (QED) is 0.258. The third-order valence-corrected chi connectivity index (χ3v) is 4.29. The van der Waals surface area contributed by atoms with E-state index >= 15 is 0 Å². The van der Waals surface area contributed by atoms with Crippen LogP contribution in [0.1, 0.15) is 21.6 Å². The van der Waals surface area contributed by atoms with Gasteiger partial charge in [0.2, 0.25) is 0 Å². The number of aromatic amines is 2. The fourth-order valence-corrected chi connectivity index (χ4v) is 2.72. The van der Waals surface area contributed by atoms with Crippen LogP contribution in [-0.2, 0) is 0 Å². The molecule has 31 heavy (non-hydrogen) atoms. The summed E-state index contributed by atoms with van der Waals surface area (Å²) in [5, 5.41) is 11.6. The van der Waals surface area contributed by atoms with Crippen LogP contribution in [0.15, 0.2) is 52.1 Å². The minimum atomic E-state index is -1.12. The van der Waals surface area contributed by atoms with Crippen molar-refractivity contribution in [2.75, 3.05) is 7.11 Å². The largest absolute Gasteiger partial charge is 0.493 e. The lowest BCUT2D eigenvalue weighted by atomic mass is 10.1. The topological polar surface area (TPSA) is 144 Å². The number of halogens is 1. The molecule has 3 aromatic rings. The highest BCUT2D eigenvalue weighted by Gasteiger charge is 2.19. The number of hydrogen-bond acceptors (Lipinski definition) is 7. The molecule has 10 nitrogen and oxygen atoms in total. The van der Waals surface area contributed by atoms with Crippen molar-refractivity contribution in [2.45, 2.75) is 0 Å². The Bertz CT molecular complexity index is 1290. The molecule has 0 atom stereocenters. The van der Waals surface area contributed by atoms with Crippen LogP contribution < -0.4 is 20.7 Å². The van der Waals surface area contributed by atoms with Gasteiger partial charge in [0, 0.05) is 5.02 Å². The van der Waals surface area contributed by atoms with E-state index in [2.05, 4.69) is 4.98 Å². The van der Waals surface area contributed by atoms with Crippen LogP contribution in [0.4, 0.5) is 5.69 Å². The Balaban J connectivity index is 1.88. The summed E-state index contributed by atoms with van der Waals surface area (Å²) < 4.78 is 10.6. The fraction of sp³-hybridized carbons (Fsp3) is 0.0500. The van der Waals surface area contributed by atoms with Crippen molar-refractivity contribution in [3.63, 3.8) is 0 Å². The van der Waals surface area contributed by atoms with Crippen molar-refractivity contribution < 1.29 is 19.2 Å². The maximum Gasteiger partial charge on any atom is 0.357 e. The molecule has 0 saturated heterocycles. The van der Waals surface area contributed by atoms with Gasteiger partial charge in [-0.2, -0.15) is 0 Å². The minimum absolute atomic E-state index is 0.148. The van der Waals surface area contributed by atoms with E-state index < -0.39 is 27.8 Å². The Morgan fingerprint density at radius 2 is 1.77 bits per heavy atom. The highest BCUT2D eigenvalue weighted by molar-refractivity contribution is 6.30. The molecule has 0 unspecified atom stereocenters. The van der Waals surface area contributed by atoms with Crippen LogP contribution in [0.25, 0.3) is 12.2 Å². The molecular weight excluding hydrogens is 430 g/mol. The molecule has 3 rings (SSSR count). The predicted octanol–water partition coefficient (Wildman–Crippen LogP) is 3.02. The normalized spacial score (nSPS) is 10.8. The number of esters is 1. The second-order valence-corrected chi connectivity index (χ2v) is 6.50. The number of H-pyrrole nitrogens is 2. The Morgan fingerprint density at radius 3 is 2.42 bits per heavy atom. The summed E-state index contributed by atoms with van der Waals surface area (Å²) in [5.74, 6) is -0.247. The number of aromatic nitrogens is 2. The first-order valence-electron chi connectivity index (χ1n) is 8.63. The first-order chi connectivity index (χ1) is 14.8. The van der Waals surface area contributed by atoms with Crippen LogP contribution in [-0.4, -0.2) is 28.0 Å². The number of carbonyl (C=O) groups is 1. The van der Waals surface area contributed by atoms with Gasteiger partial charge in [-0.3, -0.25) is 19.9 Å².